The molecule has 0 saturated carbocycles. The van der Waals surface area contributed by atoms with Crippen LogP contribution in [0.15, 0.2) is 66.9 Å². The van der Waals surface area contributed by atoms with Crippen LogP contribution < -0.4 is 19.7 Å². The van der Waals surface area contributed by atoms with Crippen LogP contribution in [-0.4, -0.2) is 31.0 Å². The molecule has 1 aromatic heterocycles. The van der Waals surface area contributed by atoms with Crippen LogP contribution in [0.4, 0.5) is 5.69 Å². The minimum Gasteiger partial charge on any atom is -0.497 e. The highest BCUT2D eigenvalue weighted by Gasteiger charge is 2.39. The Morgan fingerprint density at radius 2 is 1.87 bits per heavy atom. The van der Waals surface area contributed by atoms with Gasteiger partial charge in [-0.3, -0.25) is 19.5 Å². The molecule has 4 rings (SSSR count). The van der Waals surface area contributed by atoms with Crippen molar-refractivity contribution in [1.29, 1.82) is 0 Å². The van der Waals surface area contributed by atoms with Crippen molar-refractivity contribution in [2.24, 2.45) is 0 Å². The molecule has 0 spiro atoms. The van der Waals surface area contributed by atoms with Crippen LogP contribution in [0.3, 0.4) is 0 Å². The standard InChI is InChI=1S/C24H23N3O4/c1-30-18-10-11-21(31-2)16(13-18)15-26-22(28)14-20-23-19(9-6-12-25-23)24(29)27(20)17-7-4-3-5-8-17/h3-13,20H,14-15H2,1-2H3,(H,26,28)/t20-/m0/s1. The lowest BCUT2D eigenvalue weighted by atomic mass is 10.1. The van der Waals surface area contributed by atoms with Crippen LogP contribution in [-0.2, 0) is 11.3 Å². The van der Waals surface area contributed by atoms with Crippen LogP contribution in [0, 0.1) is 0 Å². The molecule has 3 aromatic rings. The summed E-state index contributed by atoms with van der Waals surface area (Å²) < 4.78 is 10.6. The maximum atomic E-state index is 13.0. The van der Waals surface area contributed by atoms with Crippen molar-refractivity contribution in [3.8, 4) is 11.5 Å². The smallest absolute Gasteiger partial charge is 0.260 e. The van der Waals surface area contributed by atoms with Crippen LogP contribution in [0.25, 0.3) is 0 Å². The van der Waals surface area contributed by atoms with Crippen LogP contribution in [0.1, 0.15) is 34.1 Å². The molecule has 7 heteroatoms. The summed E-state index contributed by atoms with van der Waals surface area (Å²) in [6.07, 6.45) is 1.74. The fraction of sp³-hybridized carbons (Fsp3) is 0.208. The maximum absolute atomic E-state index is 13.0. The highest BCUT2D eigenvalue weighted by atomic mass is 16.5. The summed E-state index contributed by atoms with van der Waals surface area (Å²) >= 11 is 0. The monoisotopic (exact) mass is 417 g/mol. The van der Waals surface area contributed by atoms with E-state index < -0.39 is 6.04 Å². The molecule has 7 nitrogen and oxygen atoms in total. The number of methoxy groups -OCH3 is 2. The molecule has 0 bridgehead atoms. The van der Waals surface area contributed by atoms with Crippen molar-refractivity contribution in [1.82, 2.24) is 10.3 Å². The summed E-state index contributed by atoms with van der Waals surface area (Å²) in [6.45, 7) is 0.278. The summed E-state index contributed by atoms with van der Waals surface area (Å²) in [4.78, 5) is 32.0. The van der Waals surface area contributed by atoms with E-state index in [1.807, 2.05) is 36.4 Å². The topological polar surface area (TPSA) is 80.8 Å². The lowest BCUT2D eigenvalue weighted by Crippen LogP contribution is -2.33. The number of ether oxygens (including phenoxy) is 2. The van der Waals surface area contributed by atoms with Gasteiger partial charge in [-0.25, -0.2) is 0 Å². The summed E-state index contributed by atoms with van der Waals surface area (Å²) in [5.41, 5.74) is 2.68. The molecule has 1 aliphatic heterocycles. The molecule has 0 aliphatic carbocycles. The zero-order valence-corrected chi connectivity index (χ0v) is 17.4. The second-order valence-corrected chi connectivity index (χ2v) is 7.12. The van der Waals surface area contributed by atoms with Gasteiger partial charge in [0.15, 0.2) is 0 Å². The minimum absolute atomic E-state index is 0.0942. The molecule has 2 heterocycles. The molecule has 158 valence electrons. The van der Waals surface area contributed by atoms with Gasteiger partial charge in [-0.2, -0.15) is 0 Å². The third-order valence-electron chi connectivity index (χ3n) is 5.29. The van der Waals surface area contributed by atoms with Gasteiger partial charge in [-0.05, 0) is 42.5 Å². The quantitative estimate of drug-likeness (QED) is 0.636. The highest BCUT2D eigenvalue weighted by molar-refractivity contribution is 6.11. The minimum atomic E-state index is -0.474. The molecular formula is C24H23N3O4. The van der Waals surface area contributed by atoms with E-state index in [-0.39, 0.29) is 24.8 Å². The van der Waals surface area contributed by atoms with E-state index in [0.29, 0.717) is 22.8 Å². The fourth-order valence-corrected chi connectivity index (χ4v) is 3.79. The predicted octanol–water partition coefficient (Wildman–Crippen LogP) is 3.51. The molecule has 1 N–H and O–H groups in total. The van der Waals surface area contributed by atoms with Gasteiger partial charge in [0.05, 0.1) is 37.9 Å². The summed E-state index contributed by atoms with van der Waals surface area (Å²) in [7, 11) is 3.17. The molecule has 2 amide bonds. The normalized spacial score (nSPS) is 14.8. The number of benzene rings is 2. The summed E-state index contributed by atoms with van der Waals surface area (Å²) in [6, 6.07) is 17.8. The van der Waals surface area contributed by atoms with Gasteiger partial charge in [0.2, 0.25) is 5.91 Å². The molecule has 2 aromatic carbocycles. The number of carbonyl (C=O) groups excluding carboxylic acids is 2. The third kappa shape index (κ3) is 4.07. The molecule has 0 radical (unpaired) electrons. The number of hydrogen-bond donors (Lipinski definition) is 1. The van der Waals surface area contributed by atoms with Crippen LogP contribution in [0.2, 0.25) is 0 Å². The summed E-state index contributed by atoms with van der Waals surface area (Å²) in [5.74, 6) is 0.999. The molecule has 1 atom stereocenters. The van der Waals surface area contributed by atoms with Gasteiger partial charge >= 0.3 is 0 Å². The number of nitrogens with one attached hydrogen (secondary N) is 1. The summed E-state index contributed by atoms with van der Waals surface area (Å²) in [5, 5.41) is 2.93. The van der Waals surface area contributed by atoms with Crippen molar-refractivity contribution in [2.75, 3.05) is 19.1 Å². The Morgan fingerprint density at radius 1 is 1.06 bits per heavy atom. The van der Waals surface area contributed by atoms with Crippen molar-refractivity contribution in [3.05, 3.63) is 83.7 Å². The predicted molar refractivity (Wildman–Crippen MR) is 116 cm³/mol. The third-order valence-corrected chi connectivity index (χ3v) is 5.29. The van der Waals surface area contributed by atoms with Crippen molar-refractivity contribution < 1.29 is 19.1 Å². The fourth-order valence-electron chi connectivity index (χ4n) is 3.79. The first kappa shape index (κ1) is 20.4. The van der Waals surface area contributed by atoms with Gasteiger partial charge in [0.25, 0.3) is 5.91 Å². The van der Waals surface area contributed by atoms with Gasteiger partial charge < -0.3 is 14.8 Å². The number of pyridine rings is 1. The van der Waals surface area contributed by atoms with Crippen LogP contribution in [0.5, 0.6) is 11.5 Å². The Kier molecular flexibility index (Phi) is 5.84. The van der Waals surface area contributed by atoms with E-state index in [4.69, 9.17) is 9.47 Å². The average Bonchev–Trinajstić information content (AvgIpc) is 3.09. The Morgan fingerprint density at radius 3 is 2.61 bits per heavy atom. The number of carbonyl (C=O) groups is 2. The van der Waals surface area contributed by atoms with E-state index in [1.54, 1.807) is 49.6 Å². The van der Waals surface area contributed by atoms with E-state index in [2.05, 4.69) is 10.3 Å². The Hall–Kier alpha value is -3.87. The number of anilines is 1. The molecule has 1 aliphatic rings. The largest absolute Gasteiger partial charge is 0.497 e. The Balaban J connectivity index is 1.54. The molecule has 31 heavy (non-hydrogen) atoms. The van der Waals surface area contributed by atoms with Crippen molar-refractivity contribution in [3.63, 3.8) is 0 Å². The van der Waals surface area contributed by atoms with E-state index >= 15 is 0 Å². The number of aromatic nitrogens is 1. The number of hydrogen-bond acceptors (Lipinski definition) is 5. The Labute approximate surface area is 180 Å². The van der Waals surface area contributed by atoms with E-state index in [0.717, 1.165) is 11.3 Å². The Bertz CT molecular complexity index is 1100. The number of fused-ring (bicyclic) bond motifs is 1. The van der Waals surface area contributed by atoms with Crippen molar-refractivity contribution >= 4 is 17.5 Å². The average molecular weight is 417 g/mol. The SMILES string of the molecule is COc1ccc(OC)c(CNC(=O)C[C@H]2c3ncccc3C(=O)N2c2ccccc2)c1. The van der Waals surface area contributed by atoms with E-state index in [9.17, 15) is 9.59 Å². The number of nitrogens with zero attached hydrogens (tertiary/aromatic N) is 2. The lowest BCUT2D eigenvalue weighted by molar-refractivity contribution is -0.121. The van der Waals surface area contributed by atoms with Gasteiger partial charge in [-0.15, -0.1) is 0 Å². The van der Waals surface area contributed by atoms with Gasteiger partial charge in [-0.1, -0.05) is 18.2 Å². The molecule has 0 saturated heterocycles. The molecular weight excluding hydrogens is 394 g/mol. The van der Waals surface area contributed by atoms with E-state index in [1.165, 1.54) is 0 Å². The first-order valence-electron chi connectivity index (χ1n) is 9.93. The number of para-hydroxylation sites is 1. The highest BCUT2D eigenvalue weighted by Crippen LogP contribution is 2.38. The number of amides is 2. The molecule has 0 fully saturated rings. The number of rotatable bonds is 7. The zero-order chi connectivity index (χ0) is 21.8. The maximum Gasteiger partial charge on any atom is 0.260 e. The second kappa shape index (κ2) is 8.87. The van der Waals surface area contributed by atoms with Gasteiger partial charge in [0, 0.05) is 24.0 Å². The zero-order valence-electron chi connectivity index (χ0n) is 17.4. The van der Waals surface area contributed by atoms with Crippen LogP contribution >= 0.6 is 0 Å². The first-order valence-corrected chi connectivity index (χ1v) is 9.93. The first-order chi connectivity index (χ1) is 15.1. The molecule has 0 unspecified atom stereocenters. The second-order valence-electron chi connectivity index (χ2n) is 7.12. The van der Waals surface area contributed by atoms with Gasteiger partial charge in [0.1, 0.15) is 11.5 Å². The lowest BCUT2D eigenvalue weighted by Gasteiger charge is -2.24. The van der Waals surface area contributed by atoms with Crippen molar-refractivity contribution in [2.45, 2.75) is 19.0 Å².